The lowest BCUT2D eigenvalue weighted by molar-refractivity contribution is -0.385. The molecule has 0 unspecified atom stereocenters. The maximum absolute atomic E-state index is 11.4. The molecule has 108 valence electrons. The fraction of sp³-hybridized carbons (Fsp3) is 0.333. The summed E-state index contributed by atoms with van der Waals surface area (Å²) in [6, 6.07) is 4.32. The topological polar surface area (TPSA) is 93.5 Å². The standard InChI is InChI=1S/C12H15N3O4S/c1-3-4-11(16)14-12(20)13-8-5-6-10(19-2)9(7-8)15(17)18/h5-7H,3-4H2,1-2H3,(H2,13,14,16,20). The van der Waals surface area contributed by atoms with Gasteiger partial charge in [-0.1, -0.05) is 6.92 Å². The van der Waals surface area contributed by atoms with E-state index in [9.17, 15) is 14.9 Å². The first-order chi connectivity index (χ1) is 9.47. The molecule has 0 atom stereocenters. The van der Waals surface area contributed by atoms with Crippen LogP contribution in [0.2, 0.25) is 0 Å². The number of hydrogen-bond donors (Lipinski definition) is 2. The number of ether oxygens (including phenoxy) is 1. The average molecular weight is 297 g/mol. The van der Waals surface area contributed by atoms with E-state index >= 15 is 0 Å². The van der Waals surface area contributed by atoms with Gasteiger partial charge in [0.25, 0.3) is 0 Å². The van der Waals surface area contributed by atoms with Crippen LogP contribution >= 0.6 is 12.2 Å². The number of rotatable bonds is 5. The second kappa shape index (κ2) is 7.39. The second-order valence-electron chi connectivity index (χ2n) is 3.90. The summed E-state index contributed by atoms with van der Waals surface area (Å²) in [5.74, 6) is -0.0468. The molecule has 8 heteroatoms. The van der Waals surface area contributed by atoms with E-state index < -0.39 is 4.92 Å². The van der Waals surface area contributed by atoms with Gasteiger partial charge >= 0.3 is 5.69 Å². The van der Waals surface area contributed by atoms with Crippen molar-refractivity contribution in [2.45, 2.75) is 19.8 Å². The van der Waals surface area contributed by atoms with Crippen molar-refractivity contribution in [2.24, 2.45) is 0 Å². The number of methoxy groups -OCH3 is 1. The van der Waals surface area contributed by atoms with E-state index in [1.165, 1.54) is 19.2 Å². The summed E-state index contributed by atoms with van der Waals surface area (Å²) < 4.78 is 4.89. The predicted octanol–water partition coefficient (Wildman–Crippen LogP) is 2.22. The molecule has 0 aliphatic rings. The number of carbonyl (C=O) groups excluding carboxylic acids is 1. The van der Waals surface area contributed by atoms with E-state index in [-0.39, 0.29) is 22.5 Å². The Morgan fingerprint density at radius 3 is 2.75 bits per heavy atom. The maximum Gasteiger partial charge on any atom is 0.312 e. The summed E-state index contributed by atoms with van der Waals surface area (Å²) in [6.07, 6.45) is 1.08. The summed E-state index contributed by atoms with van der Waals surface area (Å²) in [6.45, 7) is 1.88. The summed E-state index contributed by atoms with van der Waals surface area (Å²) >= 11 is 4.95. The van der Waals surface area contributed by atoms with Crippen LogP contribution in [0.5, 0.6) is 5.75 Å². The lowest BCUT2D eigenvalue weighted by Gasteiger charge is -2.10. The van der Waals surface area contributed by atoms with E-state index in [1.54, 1.807) is 6.07 Å². The van der Waals surface area contributed by atoms with Crippen molar-refractivity contribution in [3.8, 4) is 5.75 Å². The first kappa shape index (κ1) is 15.8. The van der Waals surface area contributed by atoms with Crippen LogP contribution in [0.15, 0.2) is 18.2 Å². The van der Waals surface area contributed by atoms with Gasteiger partial charge in [0.05, 0.1) is 12.0 Å². The van der Waals surface area contributed by atoms with Crippen molar-refractivity contribution in [2.75, 3.05) is 12.4 Å². The summed E-state index contributed by atoms with van der Waals surface area (Å²) in [5.41, 5.74) is 0.222. The molecule has 0 saturated heterocycles. The molecule has 0 heterocycles. The summed E-state index contributed by atoms with van der Waals surface area (Å²) in [7, 11) is 1.35. The Kier molecular flexibility index (Phi) is 5.85. The van der Waals surface area contributed by atoms with Gasteiger partial charge in [-0.2, -0.15) is 0 Å². The first-order valence-corrected chi connectivity index (χ1v) is 6.32. The van der Waals surface area contributed by atoms with Crippen LogP contribution in [-0.4, -0.2) is 23.1 Å². The SMILES string of the molecule is CCCC(=O)NC(=S)Nc1ccc(OC)c([N+](=O)[O-])c1. The van der Waals surface area contributed by atoms with E-state index in [0.29, 0.717) is 18.5 Å². The first-order valence-electron chi connectivity index (χ1n) is 5.91. The number of hydrogen-bond acceptors (Lipinski definition) is 5. The van der Waals surface area contributed by atoms with Crippen molar-refractivity contribution in [3.05, 3.63) is 28.3 Å². The van der Waals surface area contributed by atoms with Gasteiger partial charge in [0.15, 0.2) is 10.9 Å². The Bertz CT molecular complexity index is 533. The van der Waals surface area contributed by atoms with E-state index in [2.05, 4.69) is 10.6 Å². The molecule has 1 amide bonds. The van der Waals surface area contributed by atoms with Crippen molar-refractivity contribution in [3.63, 3.8) is 0 Å². The highest BCUT2D eigenvalue weighted by molar-refractivity contribution is 7.80. The van der Waals surface area contributed by atoms with Crippen LogP contribution < -0.4 is 15.4 Å². The van der Waals surface area contributed by atoms with Gasteiger partial charge in [-0.3, -0.25) is 14.9 Å². The molecule has 0 radical (unpaired) electrons. The van der Waals surface area contributed by atoms with Crippen LogP contribution in [0.4, 0.5) is 11.4 Å². The number of benzene rings is 1. The number of nitro groups is 1. The number of nitrogens with zero attached hydrogens (tertiary/aromatic N) is 1. The lowest BCUT2D eigenvalue weighted by atomic mass is 10.2. The van der Waals surface area contributed by atoms with Crippen LogP contribution in [0.1, 0.15) is 19.8 Å². The Morgan fingerprint density at radius 2 is 2.20 bits per heavy atom. The third-order valence-corrected chi connectivity index (χ3v) is 2.57. The molecule has 0 aliphatic heterocycles. The van der Waals surface area contributed by atoms with Gasteiger partial charge in [-0.25, -0.2) is 0 Å². The van der Waals surface area contributed by atoms with Crippen LogP contribution in [-0.2, 0) is 4.79 Å². The zero-order valence-electron chi connectivity index (χ0n) is 11.1. The van der Waals surface area contributed by atoms with Gasteiger partial charge in [-0.05, 0) is 30.8 Å². The summed E-state index contributed by atoms with van der Waals surface area (Å²) in [5, 5.41) is 16.2. The number of anilines is 1. The number of amides is 1. The van der Waals surface area contributed by atoms with E-state index in [0.717, 1.165) is 0 Å². The molecule has 0 aromatic heterocycles. The zero-order chi connectivity index (χ0) is 15.1. The van der Waals surface area contributed by atoms with E-state index in [1.807, 2.05) is 6.92 Å². The Balaban J connectivity index is 2.78. The highest BCUT2D eigenvalue weighted by Gasteiger charge is 2.15. The smallest absolute Gasteiger partial charge is 0.312 e. The maximum atomic E-state index is 11.4. The minimum absolute atomic E-state index is 0.0999. The Morgan fingerprint density at radius 1 is 1.50 bits per heavy atom. The zero-order valence-corrected chi connectivity index (χ0v) is 12.0. The average Bonchev–Trinajstić information content (AvgIpc) is 2.38. The van der Waals surface area contributed by atoms with Crippen LogP contribution in [0.3, 0.4) is 0 Å². The molecular weight excluding hydrogens is 282 g/mol. The van der Waals surface area contributed by atoms with Gasteiger partial charge in [-0.15, -0.1) is 0 Å². The quantitative estimate of drug-likeness (QED) is 0.491. The normalized spacial score (nSPS) is 9.70. The number of carbonyl (C=O) groups is 1. The third-order valence-electron chi connectivity index (χ3n) is 2.36. The van der Waals surface area contributed by atoms with E-state index in [4.69, 9.17) is 17.0 Å². The molecular formula is C12H15N3O4S. The highest BCUT2D eigenvalue weighted by Crippen LogP contribution is 2.29. The van der Waals surface area contributed by atoms with Gasteiger partial charge in [0, 0.05) is 18.2 Å². The second-order valence-corrected chi connectivity index (χ2v) is 4.30. The third kappa shape index (κ3) is 4.47. The summed E-state index contributed by atoms with van der Waals surface area (Å²) in [4.78, 5) is 21.7. The predicted molar refractivity (Wildman–Crippen MR) is 78.9 cm³/mol. The molecule has 20 heavy (non-hydrogen) atoms. The number of nitro benzene ring substituents is 1. The van der Waals surface area contributed by atoms with Crippen molar-refractivity contribution in [1.29, 1.82) is 0 Å². The fourth-order valence-corrected chi connectivity index (χ4v) is 1.72. The Hall–Kier alpha value is -2.22. The van der Waals surface area contributed by atoms with Gasteiger partial charge < -0.3 is 15.4 Å². The van der Waals surface area contributed by atoms with Crippen molar-refractivity contribution >= 4 is 34.6 Å². The molecule has 0 spiro atoms. The fourth-order valence-electron chi connectivity index (χ4n) is 1.49. The minimum atomic E-state index is -0.553. The van der Waals surface area contributed by atoms with Crippen LogP contribution in [0, 0.1) is 10.1 Å². The van der Waals surface area contributed by atoms with Crippen LogP contribution in [0.25, 0.3) is 0 Å². The molecule has 1 aromatic carbocycles. The molecule has 7 nitrogen and oxygen atoms in total. The minimum Gasteiger partial charge on any atom is -0.490 e. The monoisotopic (exact) mass is 297 g/mol. The molecule has 1 aromatic rings. The molecule has 0 fully saturated rings. The lowest BCUT2D eigenvalue weighted by Crippen LogP contribution is -2.33. The van der Waals surface area contributed by atoms with Crippen molar-refractivity contribution < 1.29 is 14.5 Å². The highest BCUT2D eigenvalue weighted by atomic mass is 32.1. The number of nitrogens with one attached hydrogen (secondary N) is 2. The molecule has 0 saturated carbocycles. The van der Waals surface area contributed by atoms with Gasteiger partial charge in [0.1, 0.15) is 0 Å². The van der Waals surface area contributed by atoms with Gasteiger partial charge in [0.2, 0.25) is 5.91 Å². The largest absolute Gasteiger partial charge is 0.490 e. The van der Waals surface area contributed by atoms with Crippen molar-refractivity contribution in [1.82, 2.24) is 5.32 Å². The molecule has 0 bridgehead atoms. The number of thiocarbonyl (C=S) groups is 1. The molecule has 0 aliphatic carbocycles. The molecule has 1 rings (SSSR count). The molecule has 2 N–H and O–H groups in total. The Labute approximate surface area is 121 Å².